The van der Waals surface area contributed by atoms with Gasteiger partial charge >= 0.3 is 6.09 Å². The first-order valence-electron chi connectivity index (χ1n) is 8.59. The highest BCUT2D eigenvalue weighted by Crippen LogP contribution is 2.09. The maximum absolute atomic E-state index is 12.1. The molecule has 2 N–H and O–H groups in total. The molecule has 9 nitrogen and oxygen atoms in total. The van der Waals surface area contributed by atoms with Crippen molar-refractivity contribution in [3.8, 4) is 0 Å². The minimum absolute atomic E-state index is 0. The number of rotatable bonds is 7. The number of hydrogen-bond donors (Lipinski definition) is 2. The lowest BCUT2D eigenvalue weighted by Crippen LogP contribution is -2.44. The number of hydrogen-bond acceptors (Lipinski definition) is 5. The van der Waals surface area contributed by atoms with E-state index in [0.29, 0.717) is 32.1 Å². The summed E-state index contributed by atoms with van der Waals surface area (Å²) in [7, 11) is 1.83. The van der Waals surface area contributed by atoms with E-state index >= 15 is 0 Å². The quantitative estimate of drug-likeness (QED) is 0.350. The Bertz CT molecular complexity index is 569. The van der Waals surface area contributed by atoms with Crippen LogP contribution in [0.3, 0.4) is 0 Å². The van der Waals surface area contributed by atoms with Crippen molar-refractivity contribution in [2.75, 3.05) is 26.2 Å². The van der Waals surface area contributed by atoms with Crippen LogP contribution in [-0.4, -0.2) is 63.5 Å². The zero-order chi connectivity index (χ0) is 18.9. The molecular formula is C16H32IN7O2. The molecule has 0 saturated heterocycles. The number of nitrogens with zero attached hydrogens (tertiary/aromatic N) is 5. The van der Waals surface area contributed by atoms with Gasteiger partial charge in [0, 0.05) is 33.2 Å². The highest BCUT2D eigenvalue weighted by molar-refractivity contribution is 14.0. The number of likely N-dealkylation sites (N-methyl/N-ethyl adjacent to an activating group) is 1. The maximum atomic E-state index is 12.1. The molecule has 0 bridgehead atoms. The molecule has 1 heterocycles. The lowest BCUT2D eigenvalue weighted by Gasteiger charge is -2.26. The second-order valence-electron chi connectivity index (χ2n) is 6.48. The zero-order valence-electron chi connectivity index (χ0n) is 16.6. The molecule has 0 aliphatic heterocycles. The highest BCUT2D eigenvalue weighted by atomic mass is 127. The van der Waals surface area contributed by atoms with Gasteiger partial charge in [-0.3, -0.25) is 4.68 Å². The fraction of sp³-hybridized carbons (Fsp3) is 0.750. The lowest BCUT2D eigenvalue weighted by molar-refractivity contribution is 0.0264. The van der Waals surface area contributed by atoms with Crippen molar-refractivity contribution in [1.82, 2.24) is 30.3 Å². The third kappa shape index (κ3) is 9.20. The van der Waals surface area contributed by atoms with Crippen LogP contribution in [0.25, 0.3) is 0 Å². The standard InChI is InChI=1S/C16H31N7O2.HI/c1-7-17-14(19-11-13-20-12-21-22(13)6)18-9-10-23(8-2)15(24)25-16(3,4)5;/h12H,7-11H2,1-6H3,(H2,17,18,19);1H. The second-order valence-corrected chi connectivity index (χ2v) is 6.48. The summed E-state index contributed by atoms with van der Waals surface area (Å²) in [5.41, 5.74) is -0.496. The Hall–Kier alpha value is -1.59. The summed E-state index contributed by atoms with van der Waals surface area (Å²) in [6.45, 7) is 12.4. The van der Waals surface area contributed by atoms with E-state index in [0.717, 1.165) is 12.4 Å². The smallest absolute Gasteiger partial charge is 0.410 e. The summed E-state index contributed by atoms with van der Waals surface area (Å²) in [6.07, 6.45) is 1.20. The number of carbonyl (C=O) groups is 1. The molecule has 1 aromatic heterocycles. The van der Waals surface area contributed by atoms with E-state index in [1.807, 2.05) is 41.7 Å². The van der Waals surface area contributed by atoms with Gasteiger partial charge in [-0.2, -0.15) is 5.10 Å². The Kier molecular flexibility index (Phi) is 11.2. The van der Waals surface area contributed by atoms with Crippen LogP contribution in [0.5, 0.6) is 0 Å². The number of nitrogens with one attached hydrogen (secondary N) is 2. The molecule has 10 heteroatoms. The monoisotopic (exact) mass is 481 g/mol. The second kappa shape index (κ2) is 11.9. The Morgan fingerprint density at radius 3 is 2.54 bits per heavy atom. The highest BCUT2D eigenvalue weighted by Gasteiger charge is 2.20. The van der Waals surface area contributed by atoms with E-state index < -0.39 is 5.60 Å². The molecule has 0 unspecified atom stereocenters. The van der Waals surface area contributed by atoms with Gasteiger partial charge in [0.05, 0.1) is 0 Å². The van der Waals surface area contributed by atoms with Crippen molar-refractivity contribution < 1.29 is 9.53 Å². The van der Waals surface area contributed by atoms with E-state index in [1.165, 1.54) is 6.33 Å². The molecule has 0 radical (unpaired) electrons. The molecule has 0 aromatic carbocycles. The van der Waals surface area contributed by atoms with Crippen molar-refractivity contribution >= 4 is 36.0 Å². The van der Waals surface area contributed by atoms with E-state index in [2.05, 4.69) is 25.7 Å². The van der Waals surface area contributed by atoms with Crippen LogP contribution in [0.4, 0.5) is 4.79 Å². The SMILES string of the molecule is CCNC(=NCc1ncnn1C)NCCN(CC)C(=O)OC(C)(C)C.I. The number of aryl methyl sites for hydroxylation is 1. The van der Waals surface area contributed by atoms with Crippen LogP contribution >= 0.6 is 24.0 Å². The average molecular weight is 481 g/mol. The molecule has 0 saturated carbocycles. The molecule has 0 aliphatic rings. The number of ether oxygens (including phenoxy) is 1. The van der Waals surface area contributed by atoms with Crippen LogP contribution < -0.4 is 10.6 Å². The van der Waals surface area contributed by atoms with Crippen molar-refractivity contribution in [2.45, 2.75) is 46.8 Å². The molecule has 0 fully saturated rings. The molecule has 150 valence electrons. The van der Waals surface area contributed by atoms with E-state index in [9.17, 15) is 4.79 Å². The lowest BCUT2D eigenvalue weighted by atomic mass is 10.2. The molecule has 1 aromatic rings. The molecule has 0 atom stereocenters. The predicted octanol–water partition coefficient (Wildman–Crippen LogP) is 1.75. The molecule has 0 aliphatic carbocycles. The fourth-order valence-electron chi connectivity index (χ4n) is 1.97. The fourth-order valence-corrected chi connectivity index (χ4v) is 1.97. The molecule has 0 spiro atoms. The third-order valence-corrected chi connectivity index (χ3v) is 3.24. The Labute approximate surface area is 173 Å². The number of aliphatic imine (C=N–C) groups is 1. The van der Waals surface area contributed by atoms with Crippen LogP contribution in [0.15, 0.2) is 11.3 Å². The summed E-state index contributed by atoms with van der Waals surface area (Å²) in [4.78, 5) is 22.4. The maximum Gasteiger partial charge on any atom is 0.410 e. The molecule has 1 rings (SSSR count). The van der Waals surface area contributed by atoms with Gasteiger partial charge < -0.3 is 20.3 Å². The zero-order valence-corrected chi connectivity index (χ0v) is 18.9. The normalized spacial score (nSPS) is 11.5. The minimum atomic E-state index is -0.496. The first kappa shape index (κ1) is 24.4. The van der Waals surface area contributed by atoms with Crippen molar-refractivity contribution in [3.05, 3.63) is 12.2 Å². The van der Waals surface area contributed by atoms with Crippen LogP contribution in [-0.2, 0) is 18.3 Å². The third-order valence-electron chi connectivity index (χ3n) is 3.24. The number of guanidine groups is 1. The first-order valence-corrected chi connectivity index (χ1v) is 8.59. The number of amides is 1. The van der Waals surface area contributed by atoms with Crippen LogP contribution in [0, 0.1) is 0 Å². The topological polar surface area (TPSA) is 96.7 Å². The average Bonchev–Trinajstić information content (AvgIpc) is 2.92. The summed E-state index contributed by atoms with van der Waals surface area (Å²) >= 11 is 0. The summed E-state index contributed by atoms with van der Waals surface area (Å²) in [6, 6.07) is 0. The van der Waals surface area contributed by atoms with Gasteiger partial charge in [0.1, 0.15) is 24.3 Å². The van der Waals surface area contributed by atoms with E-state index in [1.54, 1.807) is 9.58 Å². The number of carbonyl (C=O) groups excluding carboxylic acids is 1. The number of aromatic nitrogens is 3. The van der Waals surface area contributed by atoms with Gasteiger partial charge in [0.2, 0.25) is 0 Å². The minimum Gasteiger partial charge on any atom is -0.444 e. The van der Waals surface area contributed by atoms with E-state index in [-0.39, 0.29) is 30.1 Å². The van der Waals surface area contributed by atoms with Crippen molar-refractivity contribution in [3.63, 3.8) is 0 Å². The Morgan fingerprint density at radius 2 is 2.04 bits per heavy atom. The van der Waals surface area contributed by atoms with Gasteiger partial charge in [-0.15, -0.1) is 24.0 Å². The largest absolute Gasteiger partial charge is 0.444 e. The van der Waals surface area contributed by atoms with Gasteiger partial charge in [0.25, 0.3) is 0 Å². The Morgan fingerprint density at radius 1 is 1.35 bits per heavy atom. The Balaban J connectivity index is 0.00000625. The van der Waals surface area contributed by atoms with Gasteiger partial charge in [0.15, 0.2) is 5.96 Å². The van der Waals surface area contributed by atoms with Crippen LogP contribution in [0.1, 0.15) is 40.4 Å². The summed E-state index contributed by atoms with van der Waals surface area (Å²) < 4.78 is 7.09. The van der Waals surface area contributed by atoms with Crippen molar-refractivity contribution in [2.24, 2.45) is 12.0 Å². The first-order chi connectivity index (χ1) is 11.8. The summed E-state index contributed by atoms with van der Waals surface area (Å²) in [5, 5.41) is 10.4. The molecule has 26 heavy (non-hydrogen) atoms. The van der Waals surface area contributed by atoms with E-state index in [4.69, 9.17) is 4.74 Å². The molecule has 1 amide bonds. The van der Waals surface area contributed by atoms with Gasteiger partial charge in [-0.05, 0) is 34.6 Å². The van der Waals surface area contributed by atoms with Crippen LogP contribution in [0.2, 0.25) is 0 Å². The summed E-state index contributed by atoms with van der Waals surface area (Å²) in [5.74, 6) is 1.45. The molecular weight excluding hydrogens is 449 g/mol. The predicted molar refractivity (Wildman–Crippen MR) is 113 cm³/mol. The van der Waals surface area contributed by atoms with Gasteiger partial charge in [-0.1, -0.05) is 0 Å². The van der Waals surface area contributed by atoms with Crippen molar-refractivity contribution in [1.29, 1.82) is 0 Å². The number of halogens is 1. The van der Waals surface area contributed by atoms with Gasteiger partial charge in [-0.25, -0.2) is 14.8 Å².